The van der Waals surface area contributed by atoms with Crippen LogP contribution in [0, 0.1) is 5.92 Å². The summed E-state index contributed by atoms with van der Waals surface area (Å²) in [5, 5.41) is 18.2. The fourth-order valence-electron chi connectivity index (χ4n) is 2.58. The van der Waals surface area contributed by atoms with Gasteiger partial charge in [0.25, 0.3) is 0 Å². The molecule has 1 saturated carbocycles. The van der Waals surface area contributed by atoms with Crippen molar-refractivity contribution in [1.82, 2.24) is 19.7 Å². The molecule has 2 aromatic rings. The van der Waals surface area contributed by atoms with Gasteiger partial charge in [-0.1, -0.05) is 6.07 Å². The largest absolute Gasteiger partial charge is 0.433 e. The monoisotopic (exact) mass is 341 g/mol. The number of anilines is 1. The zero-order chi connectivity index (χ0) is 17.5. The van der Waals surface area contributed by atoms with E-state index >= 15 is 0 Å². The number of hydrogen-bond acceptors (Lipinski definition) is 5. The molecule has 1 aliphatic carbocycles. The van der Waals surface area contributed by atoms with E-state index in [0.717, 1.165) is 18.9 Å². The van der Waals surface area contributed by atoms with Crippen LogP contribution in [0.3, 0.4) is 0 Å². The number of aliphatic hydroxyl groups is 1. The Morgan fingerprint density at radius 1 is 1.33 bits per heavy atom. The minimum absolute atomic E-state index is 0.148. The van der Waals surface area contributed by atoms with Crippen LogP contribution in [0.2, 0.25) is 0 Å². The first-order valence-electron chi connectivity index (χ1n) is 7.59. The fraction of sp³-hybridized carbons (Fsp3) is 0.533. The number of halogens is 3. The average Bonchev–Trinajstić information content (AvgIpc) is 3.29. The zero-order valence-electron chi connectivity index (χ0n) is 13.3. The molecule has 1 unspecified atom stereocenters. The Hall–Kier alpha value is -2.16. The maximum atomic E-state index is 12.7. The number of rotatable bonds is 5. The first-order chi connectivity index (χ1) is 11.3. The SMILES string of the molecule is CN(Cc1cccc(C(F)(F)F)n1)c1nnc(C(O)C2CC2)n1C. The molecule has 3 rings (SSSR count). The van der Waals surface area contributed by atoms with Crippen molar-refractivity contribution in [3.8, 4) is 0 Å². The Morgan fingerprint density at radius 3 is 2.67 bits per heavy atom. The van der Waals surface area contributed by atoms with E-state index in [9.17, 15) is 18.3 Å². The van der Waals surface area contributed by atoms with Crippen LogP contribution in [0.5, 0.6) is 0 Å². The van der Waals surface area contributed by atoms with Gasteiger partial charge in [-0.25, -0.2) is 4.98 Å². The number of aromatic nitrogens is 4. The summed E-state index contributed by atoms with van der Waals surface area (Å²) < 4.78 is 39.9. The van der Waals surface area contributed by atoms with Crippen LogP contribution in [-0.2, 0) is 19.8 Å². The quantitative estimate of drug-likeness (QED) is 0.904. The van der Waals surface area contributed by atoms with Crippen molar-refractivity contribution in [2.75, 3.05) is 11.9 Å². The average molecular weight is 341 g/mol. The highest BCUT2D eigenvalue weighted by molar-refractivity contribution is 5.31. The Morgan fingerprint density at radius 2 is 2.04 bits per heavy atom. The molecule has 0 aliphatic heterocycles. The molecule has 2 heterocycles. The van der Waals surface area contributed by atoms with Gasteiger partial charge in [0, 0.05) is 14.1 Å². The Balaban J connectivity index is 1.77. The van der Waals surface area contributed by atoms with Crippen LogP contribution in [0.25, 0.3) is 0 Å². The number of hydrogen-bond donors (Lipinski definition) is 1. The van der Waals surface area contributed by atoms with E-state index in [1.54, 1.807) is 23.6 Å². The third-order valence-corrected chi connectivity index (χ3v) is 4.06. The van der Waals surface area contributed by atoms with Gasteiger partial charge in [-0.15, -0.1) is 10.2 Å². The molecular weight excluding hydrogens is 323 g/mol. The lowest BCUT2D eigenvalue weighted by atomic mass is 10.2. The van der Waals surface area contributed by atoms with Gasteiger partial charge in [0.05, 0.1) is 12.2 Å². The van der Waals surface area contributed by atoms with Gasteiger partial charge >= 0.3 is 6.18 Å². The number of aliphatic hydroxyl groups excluding tert-OH is 1. The molecule has 1 N–H and O–H groups in total. The van der Waals surface area contributed by atoms with Crippen LogP contribution in [0.4, 0.5) is 19.1 Å². The molecule has 9 heteroatoms. The summed E-state index contributed by atoms with van der Waals surface area (Å²) in [6.45, 7) is 0.148. The fourth-order valence-corrected chi connectivity index (χ4v) is 2.58. The molecule has 1 aliphatic rings. The number of nitrogens with zero attached hydrogens (tertiary/aromatic N) is 5. The lowest BCUT2D eigenvalue weighted by Gasteiger charge is -2.18. The molecule has 0 radical (unpaired) electrons. The predicted molar refractivity (Wildman–Crippen MR) is 80.0 cm³/mol. The van der Waals surface area contributed by atoms with Crippen molar-refractivity contribution in [3.63, 3.8) is 0 Å². The molecule has 0 aromatic carbocycles. The van der Waals surface area contributed by atoms with E-state index in [1.807, 2.05) is 0 Å². The summed E-state index contributed by atoms with van der Waals surface area (Å²) in [6, 6.07) is 3.80. The van der Waals surface area contributed by atoms with Gasteiger partial charge in [-0.2, -0.15) is 13.2 Å². The summed E-state index contributed by atoms with van der Waals surface area (Å²) in [4.78, 5) is 5.30. The molecule has 24 heavy (non-hydrogen) atoms. The van der Waals surface area contributed by atoms with Gasteiger partial charge in [0.15, 0.2) is 5.82 Å². The van der Waals surface area contributed by atoms with E-state index in [4.69, 9.17) is 0 Å². The van der Waals surface area contributed by atoms with Crippen LogP contribution >= 0.6 is 0 Å². The summed E-state index contributed by atoms with van der Waals surface area (Å²) in [5.74, 6) is 1.15. The second-order valence-corrected chi connectivity index (χ2v) is 6.07. The molecular formula is C15H18F3N5O. The maximum Gasteiger partial charge on any atom is 0.433 e. The molecule has 1 fully saturated rings. The van der Waals surface area contributed by atoms with Crippen LogP contribution in [0.1, 0.15) is 36.2 Å². The smallest absolute Gasteiger partial charge is 0.385 e. The normalized spacial score (nSPS) is 16.2. The molecule has 0 amide bonds. The number of pyridine rings is 1. The van der Waals surface area contributed by atoms with Gasteiger partial charge in [0.1, 0.15) is 11.8 Å². The molecule has 6 nitrogen and oxygen atoms in total. The van der Waals surface area contributed by atoms with Gasteiger partial charge in [-0.05, 0) is 30.9 Å². The van der Waals surface area contributed by atoms with Crippen LogP contribution in [-0.4, -0.2) is 31.9 Å². The first-order valence-corrected chi connectivity index (χ1v) is 7.59. The van der Waals surface area contributed by atoms with E-state index in [-0.39, 0.29) is 18.2 Å². The Kier molecular flexibility index (Phi) is 4.20. The van der Waals surface area contributed by atoms with Crippen molar-refractivity contribution in [2.24, 2.45) is 13.0 Å². The third-order valence-electron chi connectivity index (χ3n) is 4.06. The second kappa shape index (κ2) is 6.04. The molecule has 1 atom stereocenters. The van der Waals surface area contributed by atoms with Crippen molar-refractivity contribution in [3.05, 3.63) is 35.4 Å². The minimum Gasteiger partial charge on any atom is -0.385 e. The third kappa shape index (κ3) is 3.35. The highest BCUT2D eigenvalue weighted by Crippen LogP contribution is 2.40. The Bertz CT molecular complexity index is 726. The number of alkyl halides is 3. The zero-order valence-corrected chi connectivity index (χ0v) is 13.3. The second-order valence-electron chi connectivity index (χ2n) is 6.07. The summed E-state index contributed by atoms with van der Waals surface area (Å²) in [5.41, 5.74) is -0.643. The minimum atomic E-state index is -4.47. The summed E-state index contributed by atoms with van der Waals surface area (Å²) >= 11 is 0. The maximum absolute atomic E-state index is 12.7. The lowest BCUT2D eigenvalue weighted by molar-refractivity contribution is -0.141. The molecule has 130 valence electrons. The molecule has 0 saturated heterocycles. The van der Waals surface area contributed by atoms with Gasteiger partial charge < -0.3 is 10.0 Å². The van der Waals surface area contributed by atoms with E-state index < -0.39 is 18.0 Å². The summed E-state index contributed by atoms with van der Waals surface area (Å²) in [6.07, 6.45) is -3.20. The molecule has 0 spiro atoms. The van der Waals surface area contributed by atoms with Crippen molar-refractivity contribution in [1.29, 1.82) is 0 Å². The van der Waals surface area contributed by atoms with Crippen LogP contribution < -0.4 is 4.90 Å². The Labute approximate surface area is 136 Å². The highest BCUT2D eigenvalue weighted by Gasteiger charge is 2.35. The molecule has 2 aromatic heterocycles. The van der Waals surface area contributed by atoms with E-state index in [1.165, 1.54) is 12.1 Å². The van der Waals surface area contributed by atoms with E-state index in [2.05, 4.69) is 15.2 Å². The van der Waals surface area contributed by atoms with E-state index in [0.29, 0.717) is 11.8 Å². The van der Waals surface area contributed by atoms with Crippen molar-refractivity contribution < 1.29 is 18.3 Å². The van der Waals surface area contributed by atoms with Gasteiger partial charge in [-0.3, -0.25) is 4.57 Å². The standard InChI is InChI=1S/C15H18F3N5O/c1-22(8-10-4-3-5-11(19-10)15(16,17)18)14-21-20-13(23(14)2)12(24)9-6-7-9/h3-5,9,12,24H,6-8H2,1-2H3. The van der Waals surface area contributed by atoms with Gasteiger partial charge in [0.2, 0.25) is 5.95 Å². The topological polar surface area (TPSA) is 67.1 Å². The summed E-state index contributed by atoms with van der Waals surface area (Å²) in [7, 11) is 3.42. The first kappa shape index (κ1) is 16.7. The van der Waals surface area contributed by atoms with Crippen molar-refractivity contribution >= 4 is 5.95 Å². The predicted octanol–water partition coefficient (Wildman–Crippen LogP) is 2.31. The molecule has 0 bridgehead atoms. The lowest BCUT2D eigenvalue weighted by Crippen LogP contribution is -2.22. The van der Waals surface area contributed by atoms with Crippen molar-refractivity contribution in [2.45, 2.75) is 31.7 Å². The highest BCUT2D eigenvalue weighted by atomic mass is 19.4. The van der Waals surface area contributed by atoms with Crippen LogP contribution in [0.15, 0.2) is 18.2 Å².